The number of aromatic nitrogens is 1. The average molecular weight is 296 g/mol. The highest BCUT2D eigenvalue weighted by Crippen LogP contribution is 2.21. The Hall–Kier alpha value is -1.49. The van der Waals surface area contributed by atoms with Crippen molar-refractivity contribution in [3.63, 3.8) is 0 Å². The van der Waals surface area contributed by atoms with E-state index in [1.807, 2.05) is 18.2 Å². The summed E-state index contributed by atoms with van der Waals surface area (Å²) in [5.41, 5.74) is 6.49. The number of nitrogen functional groups attached to an aromatic ring is 1. The molecule has 0 fully saturated rings. The lowest BCUT2D eigenvalue weighted by atomic mass is 10.2. The molecule has 3 N–H and O–H groups in total. The van der Waals surface area contributed by atoms with E-state index >= 15 is 0 Å². The van der Waals surface area contributed by atoms with Gasteiger partial charge in [-0.25, -0.2) is 4.98 Å². The third-order valence-electron chi connectivity index (χ3n) is 2.35. The number of nitrogens with one attached hydrogen (secondary N) is 1. The highest BCUT2D eigenvalue weighted by atomic mass is 79.9. The first-order valence-electron chi connectivity index (χ1n) is 5.35. The maximum atomic E-state index is 5.86. The molecule has 17 heavy (non-hydrogen) atoms. The van der Waals surface area contributed by atoms with E-state index in [0.717, 1.165) is 16.7 Å². The highest BCUT2D eigenvalue weighted by molar-refractivity contribution is 9.10. The fourth-order valence-corrected chi connectivity index (χ4v) is 1.94. The van der Waals surface area contributed by atoms with E-state index in [0.29, 0.717) is 11.5 Å². The zero-order valence-electron chi connectivity index (χ0n) is 9.48. The summed E-state index contributed by atoms with van der Waals surface area (Å²) in [7, 11) is 0. The Morgan fingerprint density at radius 1 is 1.59 bits per heavy atom. The molecular formula is C12H14BrN3O. The molecule has 90 valence electrons. The second kappa shape index (κ2) is 5.23. The topological polar surface area (TPSA) is 64.1 Å². The number of hydrogen-bond acceptors (Lipinski definition) is 4. The number of furan rings is 1. The van der Waals surface area contributed by atoms with E-state index in [1.54, 1.807) is 12.5 Å². The summed E-state index contributed by atoms with van der Waals surface area (Å²) in [6.07, 6.45) is 4.19. The molecule has 4 nitrogen and oxygen atoms in total. The molecule has 0 amide bonds. The fourth-order valence-electron chi connectivity index (χ4n) is 1.59. The summed E-state index contributed by atoms with van der Waals surface area (Å²) in [4.78, 5) is 4.23. The van der Waals surface area contributed by atoms with Gasteiger partial charge in [0.2, 0.25) is 0 Å². The van der Waals surface area contributed by atoms with Crippen molar-refractivity contribution in [2.24, 2.45) is 0 Å². The van der Waals surface area contributed by atoms with Gasteiger partial charge in [-0.05, 0) is 41.1 Å². The van der Waals surface area contributed by atoms with Crippen molar-refractivity contribution in [2.75, 3.05) is 11.1 Å². The molecule has 2 rings (SSSR count). The maximum Gasteiger partial charge on any atom is 0.149 e. The molecule has 0 saturated heterocycles. The minimum atomic E-state index is 0.206. The average Bonchev–Trinajstić information content (AvgIpc) is 2.75. The number of nitrogens with two attached hydrogens (primary N) is 1. The maximum absolute atomic E-state index is 5.86. The molecule has 1 atom stereocenters. The second-order valence-corrected chi connectivity index (χ2v) is 4.84. The van der Waals surface area contributed by atoms with Gasteiger partial charge in [0, 0.05) is 23.1 Å². The quantitative estimate of drug-likeness (QED) is 0.910. The molecule has 0 bridgehead atoms. The van der Waals surface area contributed by atoms with E-state index in [1.165, 1.54) is 0 Å². The summed E-state index contributed by atoms with van der Waals surface area (Å²) in [6, 6.07) is 5.87. The van der Waals surface area contributed by atoms with Gasteiger partial charge in [0.15, 0.2) is 0 Å². The standard InChI is InChI=1S/C12H14BrN3O/c1-8(5-10-3-2-4-17-10)16-12-11(14)6-9(13)7-15-12/h2-4,6-8H,5,14H2,1H3,(H,15,16). The summed E-state index contributed by atoms with van der Waals surface area (Å²) >= 11 is 3.33. The van der Waals surface area contributed by atoms with Gasteiger partial charge in [-0.3, -0.25) is 0 Å². The molecule has 0 aromatic carbocycles. The van der Waals surface area contributed by atoms with E-state index in [-0.39, 0.29) is 6.04 Å². The Labute approximate surface area is 108 Å². The van der Waals surface area contributed by atoms with Crippen molar-refractivity contribution in [1.82, 2.24) is 4.98 Å². The summed E-state index contributed by atoms with van der Waals surface area (Å²) < 4.78 is 6.17. The molecule has 0 radical (unpaired) electrons. The van der Waals surface area contributed by atoms with Crippen LogP contribution in [-0.2, 0) is 6.42 Å². The van der Waals surface area contributed by atoms with Gasteiger partial charge in [-0.1, -0.05) is 0 Å². The van der Waals surface area contributed by atoms with E-state index in [9.17, 15) is 0 Å². The lowest BCUT2D eigenvalue weighted by molar-refractivity contribution is 0.497. The van der Waals surface area contributed by atoms with Crippen molar-refractivity contribution in [3.8, 4) is 0 Å². The third-order valence-corrected chi connectivity index (χ3v) is 2.79. The number of nitrogens with zero attached hydrogens (tertiary/aromatic N) is 1. The van der Waals surface area contributed by atoms with Gasteiger partial charge in [0.1, 0.15) is 11.6 Å². The molecule has 1 unspecified atom stereocenters. The molecule has 0 aliphatic rings. The van der Waals surface area contributed by atoms with Gasteiger partial charge in [-0.15, -0.1) is 0 Å². The van der Waals surface area contributed by atoms with Crippen LogP contribution >= 0.6 is 15.9 Å². The van der Waals surface area contributed by atoms with Gasteiger partial charge in [-0.2, -0.15) is 0 Å². The van der Waals surface area contributed by atoms with E-state index < -0.39 is 0 Å². The molecule has 0 spiro atoms. The van der Waals surface area contributed by atoms with Gasteiger partial charge in [0.25, 0.3) is 0 Å². The minimum Gasteiger partial charge on any atom is -0.469 e. The monoisotopic (exact) mass is 295 g/mol. The van der Waals surface area contributed by atoms with Crippen LogP contribution in [0.25, 0.3) is 0 Å². The molecule has 2 heterocycles. The smallest absolute Gasteiger partial charge is 0.149 e. The molecule has 2 aromatic rings. The number of pyridine rings is 1. The predicted octanol–water partition coefficient (Wildman–Crippen LogP) is 3.06. The van der Waals surface area contributed by atoms with Crippen LogP contribution in [0.3, 0.4) is 0 Å². The van der Waals surface area contributed by atoms with Crippen molar-refractivity contribution >= 4 is 27.4 Å². The highest BCUT2D eigenvalue weighted by Gasteiger charge is 2.08. The van der Waals surface area contributed by atoms with Crippen LogP contribution in [0.4, 0.5) is 11.5 Å². The van der Waals surface area contributed by atoms with E-state index in [4.69, 9.17) is 10.2 Å². The number of rotatable bonds is 4. The minimum absolute atomic E-state index is 0.206. The normalized spacial score (nSPS) is 12.4. The Kier molecular flexibility index (Phi) is 3.68. The molecule has 0 saturated carbocycles. The van der Waals surface area contributed by atoms with Crippen LogP contribution in [0.15, 0.2) is 39.5 Å². The van der Waals surface area contributed by atoms with Crippen molar-refractivity contribution in [2.45, 2.75) is 19.4 Å². The Balaban J connectivity index is 2.00. The molecule has 2 aromatic heterocycles. The Bertz CT molecular complexity index is 485. The molecular weight excluding hydrogens is 282 g/mol. The zero-order chi connectivity index (χ0) is 12.3. The molecule has 5 heteroatoms. The number of halogens is 1. The van der Waals surface area contributed by atoms with Crippen molar-refractivity contribution in [1.29, 1.82) is 0 Å². The summed E-state index contributed by atoms with van der Waals surface area (Å²) in [5.74, 6) is 1.65. The van der Waals surface area contributed by atoms with Crippen LogP contribution < -0.4 is 11.1 Å². The fraction of sp³-hybridized carbons (Fsp3) is 0.250. The third kappa shape index (κ3) is 3.23. The van der Waals surface area contributed by atoms with Crippen LogP contribution in [0.2, 0.25) is 0 Å². The lowest BCUT2D eigenvalue weighted by Crippen LogP contribution is -2.19. The van der Waals surface area contributed by atoms with Crippen LogP contribution in [-0.4, -0.2) is 11.0 Å². The SMILES string of the molecule is CC(Cc1ccco1)Nc1ncc(Br)cc1N. The summed E-state index contributed by atoms with van der Waals surface area (Å²) in [6.45, 7) is 2.06. The molecule has 0 aliphatic heterocycles. The summed E-state index contributed by atoms with van der Waals surface area (Å²) in [5, 5.41) is 3.26. The Morgan fingerprint density at radius 2 is 2.41 bits per heavy atom. The van der Waals surface area contributed by atoms with Crippen LogP contribution in [0.5, 0.6) is 0 Å². The first kappa shape index (κ1) is 12.0. The zero-order valence-corrected chi connectivity index (χ0v) is 11.1. The van der Waals surface area contributed by atoms with Crippen LogP contribution in [0, 0.1) is 0 Å². The lowest BCUT2D eigenvalue weighted by Gasteiger charge is -2.14. The van der Waals surface area contributed by atoms with E-state index in [2.05, 4.69) is 33.2 Å². The van der Waals surface area contributed by atoms with Gasteiger partial charge >= 0.3 is 0 Å². The molecule has 0 aliphatic carbocycles. The van der Waals surface area contributed by atoms with Gasteiger partial charge in [0.05, 0.1) is 12.0 Å². The predicted molar refractivity (Wildman–Crippen MR) is 71.8 cm³/mol. The largest absolute Gasteiger partial charge is 0.469 e. The second-order valence-electron chi connectivity index (χ2n) is 3.92. The van der Waals surface area contributed by atoms with Crippen LogP contribution in [0.1, 0.15) is 12.7 Å². The van der Waals surface area contributed by atoms with Crippen molar-refractivity contribution < 1.29 is 4.42 Å². The first-order chi connectivity index (χ1) is 8.15. The first-order valence-corrected chi connectivity index (χ1v) is 6.14. The number of anilines is 2. The Morgan fingerprint density at radius 3 is 3.06 bits per heavy atom. The number of hydrogen-bond donors (Lipinski definition) is 2. The van der Waals surface area contributed by atoms with Gasteiger partial charge < -0.3 is 15.5 Å². The van der Waals surface area contributed by atoms with Crippen molar-refractivity contribution in [3.05, 3.63) is 40.9 Å².